The van der Waals surface area contributed by atoms with Crippen molar-refractivity contribution in [3.63, 3.8) is 0 Å². The lowest BCUT2D eigenvalue weighted by atomic mass is 10.1. The Hall–Kier alpha value is -1.47. The average Bonchev–Trinajstić information content (AvgIpc) is 2.44. The van der Waals surface area contributed by atoms with E-state index in [9.17, 15) is 4.79 Å². The Bertz CT molecular complexity index is 723. The lowest BCUT2D eigenvalue weighted by Gasteiger charge is -2.15. The molecule has 0 atom stereocenters. The largest absolute Gasteiger partial charge is 0.296 e. The van der Waals surface area contributed by atoms with Crippen LogP contribution in [0, 0.1) is 6.92 Å². The van der Waals surface area contributed by atoms with Gasteiger partial charge in [0.2, 0.25) is 5.16 Å². The van der Waals surface area contributed by atoms with Gasteiger partial charge in [0.1, 0.15) is 5.69 Å². The first-order valence-corrected chi connectivity index (χ1v) is 7.36. The number of hydrogen-bond acceptors (Lipinski definition) is 5. The van der Waals surface area contributed by atoms with Gasteiger partial charge in [-0.25, -0.2) is 0 Å². The fraction of sp³-hybridized carbons (Fsp3) is 0.167. The number of nitrogens with zero attached hydrogens (tertiary/aromatic N) is 4. The standard InChI is InChI=1S/C12H9BrN4OS/c1-7-11(18)17-12(15-14-7)19-6-10(16-17)8-2-4-9(13)5-3-8/h2-5H,6H2,1H3. The molecule has 7 heteroatoms. The summed E-state index contributed by atoms with van der Waals surface area (Å²) in [4.78, 5) is 12.0. The SMILES string of the molecule is Cc1nnc2n(c1=O)N=C(c1ccc(Br)cc1)CS2. The normalized spacial score (nSPS) is 13.9. The predicted molar refractivity (Wildman–Crippen MR) is 77.8 cm³/mol. The van der Waals surface area contributed by atoms with Crippen molar-refractivity contribution in [1.82, 2.24) is 14.9 Å². The fourth-order valence-corrected chi connectivity index (χ4v) is 2.79. The van der Waals surface area contributed by atoms with Crippen molar-refractivity contribution in [2.75, 3.05) is 5.75 Å². The first kappa shape index (κ1) is 12.6. The van der Waals surface area contributed by atoms with E-state index in [0.29, 0.717) is 16.6 Å². The van der Waals surface area contributed by atoms with Crippen LogP contribution in [0.25, 0.3) is 0 Å². The first-order valence-electron chi connectivity index (χ1n) is 5.58. The summed E-state index contributed by atoms with van der Waals surface area (Å²) in [6, 6.07) is 7.86. The Balaban J connectivity index is 2.11. The van der Waals surface area contributed by atoms with E-state index in [1.807, 2.05) is 24.3 Å². The van der Waals surface area contributed by atoms with Crippen LogP contribution in [0.2, 0.25) is 0 Å². The summed E-state index contributed by atoms with van der Waals surface area (Å²) in [5, 5.41) is 12.7. The molecule has 1 aliphatic rings. The highest BCUT2D eigenvalue weighted by Crippen LogP contribution is 2.21. The van der Waals surface area contributed by atoms with Crippen molar-refractivity contribution in [3.05, 3.63) is 50.3 Å². The maximum atomic E-state index is 12.0. The summed E-state index contributed by atoms with van der Waals surface area (Å²) in [6.45, 7) is 1.64. The highest BCUT2D eigenvalue weighted by molar-refractivity contribution is 9.10. The molecule has 1 aromatic heterocycles. The van der Waals surface area contributed by atoms with Crippen LogP contribution in [0.3, 0.4) is 0 Å². The van der Waals surface area contributed by atoms with E-state index in [1.165, 1.54) is 16.4 Å². The molecule has 0 fully saturated rings. The van der Waals surface area contributed by atoms with Gasteiger partial charge in [0, 0.05) is 10.2 Å². The quantitative estimate of drug-likeness (QED) is 0.799. The number of rotatable bonds is 1. The third-order valence-electron chi connectivity index (χ3n) is 2.70. The second kappa shape index (κ2) is 4.90. The third-order valence-corrected chi connectivity index (χ3v) is 4.16. The van der Waals surface area contributed by atoms with Gasteiger partial charge in [-0.1, -0.05) is 39.8 Å². The molecule has 0 radical (unpaired) electrons. The van der Waals surface area contributed by atoms with E-state index in [1.54, 1.807) is 6.92 Å². The van der Waals surface area contributed by atoms with Gasteiger partial charge in [-0.15, -0.1) is 10.2 Å². The molecule has 0 unspecified atom stereocenters. The van der Waals surface area contributed by atoms with Gasteiger partial charge in [-0.3, -0.25) is 4.79 Å². The predicted octanol–water partition coefficient (Wildman–Crippen LogP) is 2.07. The van der Waals surface area contributed by atoms with Crippen LogP contribution in [0.1, 0.15) is 11.3 Å². The van der Waals surface area contributed by atoms with Crippen LogP contribution >= 0.6 is 27.7 Å². The number of halogens is 1. The molecular formula is C12H9BrN4OS. The number of aryl methyl sites for hydroxylation is 1. The first-order chi connectivity index (χ1) is 9.15. The molecule has 0 N–H and O–H groups in total. The van der Waals surface area contributed by atoms with E-state index in [0.717, 1.165) is 15.7 Å². The summed E-state index contributed by atoms with van der Waals surface area (Å²) in [5.74, 6) is 0.679. The maximum absolute atomic E-state index is 12.0. The zero-order chi connectivity index (χ0) is 13.4. The molecule has 2 heterocycles. The molecule has 0 saturated heterocycles. The van der Waals surface area contributed by atoms with Gasteiger partial charge in [-0.2, -0.15) is 9.78 Å². The molecule has 5 nitrogen and oxygen atoms in total. The second-order valence-corrected chi connectivity index (χ2v) is 5.89. The number of hydrogen-bond donors (Lipinski definition) is 0. The molecule has 0 aliphatic carbocycles. The van der Waals surface area contributed by atoms with Gasteiger partial charge < -0.3 is 0 Å². The Morgan fingerprint density at radius 2 is 2.00 bits per heavy atom. The highest BCUT2D eigenvalue weighted by Gasteiger charge is 2.17. The lowest BCUT2D eigenvalue weighted by molar-refractivity contribution is 0.628. The van der Waals surface area contributed by atoms with Gasteiger partial charge in [0.05, 0.1) is 5.71 Å². The van der Waals surface area contributed by atoms with Crippen molar-refractivity contribution in [2.24, 2.45) is 5.10 Å². The zero-order valence-corrected chi connectivity index (χ0v) is 12.4. The van der Waals surface area contributed by atoms with Crippen LogP contribution in [0.5, 0.6) is 0 Å². The van der Waals surface area contributed by atoms with Crippen molar-refractivity contribution in [3.8, 4) is 0 Å². The summed E-state index contributed by atoms with van der Waals surface area (Å²) in [5.41, 5.74) is 2.00. The molecule has 96 valence electrons. The minimum atomic E-state index is -0.216. The van der Waals surface area contributed by atoms with Gasteiger partial charge in [-0.05, 0) is 24.6 Å². The van der Waals surface area contributed by atoms with Crippen LogP contribution in [-0.4, -0.2) is 26.3 Å². The summed E-state index contributed by atoms with van der Waals surface area (Å²) < 4.78 is 2.34. The Kier molecular flexibility index (Phi) is 3.24. The lowest BCUT2D eigenvalue weighted by Crippen LogP contribution is -2.28. The van der Waals surface area contributed by atoms with Crippen LogP contribution in [0.4, 0.5) is 0 Å². The number of aromatic nitrogens is 3. The summed E-state index contributed by atoms with van der Waals surface area (Å²) >= 11 is 4.86. The topological polar surface area (TPSA) is 60.1 Å². The maximum Gasteiger partial charge on any atom is 0.296 e. The Morgan fingerprint density at radius 3 is 2.74 bits per heavy atom. The monoisotopic (exact) mass is 336 g/mol. The fourth-order valence-electron chi connectivity index (χ4n) is 1.69. The van der Waals surface area contributed by atoms with E-state index in [2.05, 4.69) is 31.2 Å². The van der Waals surface area contributed by atoms with Crippen molar-refractivity contribution in [1.29, 1.82) is 0 Å². The molecule has 2 aromatic rings. The van der Waals surface area contributed by atoms with E-state index < -0.39 is 0 Å². The third kappa shape index (κ3) is 2.35. The molecular weight excluding hydrogens is 328 g/mol. The number of fused-ring (bicyclic) bond motifs is 1. The van der Waals surface area contributed by atoms with Crippen LogP contribution < -0.4 is 5.56 Å². The Morgan fingerprint density at radius 1 is 1.26 bits per heavy atom. The number of benzene rings is 1. The second-order valence-electron chi connectivity index (χ2n) is 4.03. The highest BCUT2D eigenvalue weighted by atomic mass is 79.9. The van der Waals surface area contributed by atoms with Crippen molar-refractivity contribution < 1.29 is 0 Å². The van der Waals surface area contributed by atoms with E-state index >= 15 is 0 Å². The molecule has 3 rings (SSSR count). The van der Waals surface area contributed by atoms with Crippen molar-refractivity contribution in [2.45, 2.75) is 12.1 Å². The average molecular weight is 337 g/mol. The van der Waals surface area contributed by atoms with Crippen molar-refractivity contribution >= 4 is 33.4 Å². The van der Waals surface area contributed by atoms with E-state index in [-0.39, 0.29) is 5.56 Å². The van der Waals surface area contributed by atoms with Crippen LogP contribution in [0.15, 0.2) is 43.8 Å². The molecule has 0 bridgehead atoms. The van der Waals surface area contributed by atoms with Gasteiger partial charge in [0.25, 0.3) is 5.56 Å². The molecule has 0 spiro atoms. The summed E-state index contributed by atoms with van der Waals surface area (Å²) in [6.07, 6.45) is 0. The number of thioether (sulfide) groups is 1. The molecule has 19 heavy (non-hydrogen) atoms. The smallest absolute Gasteiger partial charge is 0.265 e. The van der Waals surface area contributed by atoms with Gasteiger partial charge >= 0.3 is 0 Å². The zero-order valence-electron chi connectivity index (χ0n) is 10.00. The van der Waals surface area contributed by atoms with E-state index in [4.69, 9.17) is 0 Å². The minimum absolute atomic E-state index is 0.216. The molecule has 1 aliphatic heterocycles. The van der Waals surface area contributed by atoms with Gasteiger partial charge in [0.15, 0.2) is 0 Å². The minimum Gasteiger partial charge on any atom is -0.265 e. The molecule has 0 amide bonds. The van der Waals surface area contributed by atoms with Crippen LogP contribution in [-0.2, 0) is 0 Å². The summed E-state index contributed by atoms with van der Waals surface area (Å²) in [7, 11) is 0. The molecule has 1 aromatic carbocycles. The molecule has 0 saturated carbocycles. The Labute approximate surface area is 121 Å².